The molecule has 4 heteroatoms. The Morgan fingerprint density at radius 2 is 1.58 bits per heavy atom. The average molecular weight is 440 g/mol. The maximum atomic E-state index is 12.9. The number of unbranched alkanes of at least 4 members (excludes halogenated alkanes) is 1. The van der Waals surface area contributed by atoms with Gasteiger partial charge in [-0.25, -0.2) is 0 Å². The van der Waals surface area contributed by atoms with Crippen LogP contribution in [0.2, 0.25) is 0 Å². The summed E-state index contributed by atoms with van der Waals surface area (Å²) in [5.41, 5.74) is 4.32. The van der Waals surface area contributed by atoms with Crippen molar-refractivity contribution in [2.24, 2.45) is 5.92 Å². The Bertz CT molecular complexity index is 1100. The minimum atomic E-state index is -0.704. The first-order valence-electron chi connectivity index (χ1n) is 11.4. The van der Waals surface area contributed by atoms with Crippen molar-refractivity contribution in [3.8, 4) is 17.2 Å². The van der Waals surface area contributed by atoms with Crippen molar-refractivity contribution in [3.63, 3.8) is 0 Å². The summed E-state index contributed by atoms with van der Waals surface area (Å²) in [5.74, 6) is -0.903. The summed E-state index contributed by atoms with van der Waals surface area (Å²) >= 11 is 0. The number of benzene rings is 3. The molecule has 0 spiro atoms. The third-order valence-electron chi connectivity index (χ3n) is 5.66. The summed E-state index contributed by atoms with van der Waals surface area (Å²) in [7, 11) is 0. The number of Topliss-reactive ketones (excluding diaryl/α,β-unsaturated/α-hetero) is 2. The number of ether oxygens (including phenoxy) is 1. The van der Waals surface area contributed by atoms with Crippen LogP contribution in [0.3, 0.4) is 0 Å². The highest BCUT2D eigenvalue weighted by atomic mass is 16.5. The van der Waals surface area contributed by atoms with Gasteiger partial charge in [0.2, 0.25) is 0 Å². The van der Waals surface area contributed by atoms with Crippen LogP contribution in [-0.2, 0) is 27.4 Å². The predicted octanol–water partition coefficient (Wildman–Crippen LogP) is 5.93. The lowest BCUT2D eigenvalue weighted by Crippen LogP contribution is -2.29. The minimum absolute atomic E-state index is 0.0240. The van der Waals surface area contributed by atoms with E-state index in [-0.39, 0.29) is 18.2 Å². The van der Waals surface area contributed by atoms with Crippen molar-refractivity contribution in [2.45, 2.75) is 39.2 Å². The van der Waals surface area contributed by atoms with Crippen LogP contribution in [0.5, 0.6) is 0 Å². The molecule has 0 heterocycles. The van der Waals surface area contributed by atoms with E-state index in [2.05, 4.69) is 6.07 Å². The zero-order chi connectivity index (χ0) is 23.5. The molecule has 4 nitrogen and oxygen atoms in total. The van der Waals surface area contributed by atoms with Crippen LogP contribution in [0.1, 0.15) is 42.9 Å². The van der Waals surface area contributed by atoms with Gasteiger partial charge in [-0.15, -0.1) is 0 Å². The van der Waals surface area contributed by atoms with Gasteiger partial charge in [0.1, 0.15) is 12.4 Å². The number of rotatable bonds is 12. The Morgan fingerprint density at radius 1 is 0.879 bits per heavy atom. The maximum Gasteiger partial charge on any atom is 0.169 e. The van der Waals surface area contributed by atoms with E-state index in [1.54, 1.807) is 6.07 Å². The summed E-state index contributed by atoms with van der Waals surface area (Å²) in [5, 5.41) is 9.35. The molecule has 0 saturated carbocycles. The standard InChI is InChI=1S/C29H29NO3/c1-2-3-13-28(31)27(29(32)21-33-20-23-9-5-4-6-10-23)18-22-14-16-24(17-15-22)26-12-8-7-11-25(26)19-30/h4-12,14-17,27H,2-3,13,18,20-21H2,1H3. The van der Waals surface area contributed by atoms with Gasteiger partial charge in [-0.2, -0.15) is 5.26 Å². The highest BCUT2D eigenvalue weighted by molar-refractivity contribution is 6.03. The van der Waals surface area contributed by atoms with Crippen LogP contribution in [0.4, 0.5) is 0 Å². The molecule has 0 aliphatic rings. The molecule has 0 N–H and O–H groups in total. The van der Waals surface area contributed by atoms with E-state index >= 15 is 0 Å². The largest absolute Gasteiger partial charge is 0.369 e. The monoisotopic (exact) mass is 439 g/mol. The SMILES string of the molecule is CCCCC(=O)C(Cc1ccc(-c2ccccc2C#N)cc1)C(=O)COCc1ccccc1. The predicted molar refractivity (Wildman–Crippen MR) is 129 cm³/mol. The van der Waals surface area contributed by atoms with Gasteiger partial charge in [0.05, 0.1) is 24.2 Å². The van der Waals surface area contributed by atoms with E-state index in [4.69, 9.17) is 4.74 Å². The number of hydrogen-bond acceptors (Lipinski definition) is 4. The molecule has 0 amide bonds. The molecule has 0 bridgehead atoms. The molecular formula is C29H29NO3. The first-order valence-corrected chi connectivity index (χ1v) is 11.4. The van der Waals surface area contributed by atoms with Crippen molar-refractivity contribution in [1.29, 1.82) is 5.26 Å². The zero-order valence-electron chi connectivity index (χ0n) is 19.0. The van der Waals surface area contributed by atoms with Crippen LogP contribution < -0.4 is 0 Å². The van der Waals surface area contributed by atoms with Gasteiger partial charge >= 0.3 is 0 Å². The summed E-state index contributed by atoms with van der Waals surface area (Å²) in [4.78, 5) is 25.8. The quantitative estimate of drug-likeness (QED) is 0.328. The van der Waals surface area contributed by atoms with E-state index in [1.165, 1.54) is 0 Å². The molecule has 0 aromatic heterocycles. The first kappa shape index (κ1) is 24.1. The lowest BCUT2D eigenvalue weighted by molar-refractivity contribution is -0.135. The molecule has 1 unspecified atom stereocenters. The van der Waals surface area contributed by atoms with Crippen LogP contribution in [0.15, 0.2) is 78.9 Å². The first-order chi connectivity index (χ1) is 16.1. The molecule has 3 aromatic carbocycles. The zero-order valence-corrected chi connectivity index (χ0v) is 19.0. The Kier molecular flexibility index (Phi) is 9.11. The Morgan fingerprint density at radius 3 is 2.27 bits per heavy atom. The van der Waals surface area contributed by atoms with Crippen LogP contribution in [-0.4, -0.2) is 18.2 Å². The Labute approximate surface area is 195 Å². The van der Waals surface area contributed by atoms with Crippen molar-refractivity contribution in [1.82, 2.24) is 0 Å². The molecule has 168 valence electrons. The van der Waals surface area contributed by atoms with Crippen molar-refractivity contribution >= 4 is 11.6 Å². The summed E-state index contributed by atoms with van der Waals surface area (Å²) in [6, 6.07) is 27.1. The number of nitriles is 1. The normalized spacial score (nSPS) is 11.5. The van der Waals surface area contributed by atoms with Crippen molar-refractivity contribution < 1.29 is 14.3 Å². The summed E-state index contributed by atoms with van der Waals surface area (Å²) in [6.07, 6.45) is 2.44. The van der Waals surface area contributed by atoms with Gasteiger partial charge < -0.3 is 4.74 Å². The molecule has 3 aromatic rings. The topological polar surface area (TPSA) is 67.2 Å². The smallest absolute Gasteiger partial charge is 0.169 e. The highest BCUT2D eigenvalue weighted by Crippen LogP contribution is 2.24. The van der Waals surface area contributed by atoms with Gasteiger partial charge in [0.25, 0.3) is 0 Å². The number of carbonyl (C=O) groups excluding carboxylic acids is 2. The van der Waals surface area contributed by atoms with E-state index in [9.17, 15) is 14.9 Å². The lowest BCUT2D eigenvalue weighted by atomic mass is 9.88. The maximum absolute atomic E-state index is 12.9. The van der Waals surface area contributed by atoms with E-state index in [1.807, 2.05) is 79.7 Å². The van der Waals surface area contributed by atoms with Gasteiger partial charge in [0, 0.05) is 6.42 Å². The van der Waals surface area contributed by atoms with Gasteiger partial charge in [-0.3, -0.25) is 9.59 Å². The van der Waals surface area contributed by atoms with E-state index in [0.717, 1.165) is 35.1 Å². The molecular weight excluding hydrogens is 410 g/mol. The van der Waals surface area contributed by atoms with Gasteiger partial charge in [-0.1, -0.05) is 86.1 Å². The lowest BCUT2D eigenvalue weighted by Gasteiger charge is -2.16. The fraction of sp³-hybridized carbons (Fsp3) is 0.276. The number of carbonyl (C=O) groups is 2. The summed E-state index contributed by atoms with van der Waals surface area (Å²) < 4.78 is 5.62. The molecule has 0 fully saturated rings. The molecule has 3 rings (SSSR count). The van der Waals surface area contributed by atoms with Crippen molar-refractivity contribution in [2.75, 3.05) is 6.61 Å². The number of nitrogens with zero attached hydrogens (tertiary/aromatic N) is 1. The van der Waals surface area contributed by atoms with Crippen molar-refractivity contribution in [3.05, 3.63) is 95.6 Å². The van der Waals surface area contributed by atoms with Crippen LogP contribution in [0.25, 0.3) is 11.1 Å². The molecule has 0 saturated heterocycles. The second-order valence-electron chi connectivity index (χ2n) is 8.13. The van der Waals surface area contributed by atoms with E-state index in [0.29, 0.717) is 25.0 Å². The van der Waals surface area contributed by atoms with Gasteiger partial charge in [-0.05, 0) is 41.2 Å². The van der Waals surface area contributed by atoms with E-state index < -0.39 is 5.92 Å². The molecule has 33 heavy (non-hydrogen) atoms. The number of ketones is 2. The fourth-order valence-corrected chi connectivity index (χ4v) is 3.77. The molecule has 0 aliphatic heterocycles. The third-order valence-corrected chi connectivity index (χ3v) is 5.66. The van der Waals surface area contributed by atoms with Gasteiger partial charge in [0.15, 0.2) is 5.78 Å². The Balaban J connectivity index is 1.69. The summed E-state index contributed by atoms with van der Waals surface area (Å²) in [6.45, 7) is 2.30. The highest BCUT2D eigenvalue weighted by Gasteiger charge is 2.26. The minimum Gasteiger partial charge on any atom is -0.369 e. The third kappa shape index (κ3) is 6.97. The second-order valence-corrected chi connectivity index (χ2v) is 8.13. The molecule has 1 atom stereocenters. The number of hydrogen-bond donors (Lipinski definition) is 0. The fourth-order valence-electron chi connectivity index (χ4n) is 3.77. The van der Waals surface area contributed by atoms with Crippen LogP contribution in [0, 0.1) is 17.2 Å². The second kappa shape index (κ2) is 12.5. The Hall–Kier alpha value is -3.55. The average Bonchev–Trinajstić information content (AvgIpc) is 2.86. The van der Waals surface area contributed by atoms with Crippen LogP contribution >= 0.6 is 0 Å². The molecule has 0 radical (unpaired) electrons. The molecule has 0 aliphatic carbocycles.